The summed E-state index contributed by atoms with van der Waals surface area (Å²) in [6, 6.07) is 7.02. The van der Waals surface area contributed by atoms with Gasteiger partial charge in [0, 0.05) is 23.6 Å². The summed E-state index contributed by atoms with van der Waals surface area (Å²) in [5.74, 6) is 4.60. The quantitative estimate of drug-likeness (QED) is 0.501. The Hall–Kier alpha value is -1.59. The van der Waals surface area contributed by atoms with Gasteiger partial charge in [-0.3, -0.25) is 4.99 Å². The van der Waals surface area contributed by atoms with Crippen LogP contribution in [0.3, 0.4) is 0 Å². The van der Waals surface area contributed by atoms with Gasteiger partial charge in [-0.1, -0.05) is 6.07 Å². The number of nitrogens with zero attached hydrogens (tertiary/aromatic N) is 2. The Bertz CT molecular complexity index is 908. The van der Waals surface area contributed by atoms with Crippen molar-refractivity contribution in [3.8, 4) is 11.5 Å². The van der Waals surface area contributed by atoms with E-state index in [2.05, 4.69) is 30.1 Å². The van der Waals surface area contributed by atoms with Crippen LogP contribution in [0.2, 0.25) is 0 Å². The minimum atomic E-state index is 0.174. The summed E-state index contributed by atoms with van der Waals surface area (Å²) in [5, 5.41) is 0. The predicted octanol–water partition coefficient (Wildman–Crippen LogP) is 5.46. The summed E-state index contributed by atoms with van der Waals surface area (Å²) in [6.45, 7) is 2.62. The number of aliphatic imine (C=N–C) groups is 1. The monoisotopic (exact) mass is 466 g/mol. The fraction of sp³-hybridized carbons (Fsp3) is 0.759. The van der Waals surface area contributed by atoms with Crippen LogP contribution in [0, 0.1) is 23.2 Å². The molecule has 0 unspecified atom stereocenters. The van der Waals surface area contributed by atoms with Crippen LogP contribution < -0.4 is 9.47 Å². The van der Waals surface area contributed by atoms with Gasteiger partial charge in [-0.05, 0) is 112 Å². The first-order valence-electron chi connectivity index (χ1n) is 13.6. The second kappa shape index (κ2) is 8.81. The lowest BCUT2D eigenvalue weighted by Gasteiger charge is -2.56. The van der Waals surface area contributed by atoms with Crippen molar-refractivity contribution in [1.29, 1.82) is 0 Å². The van der Waals surface area contributed by atoms with E-state index >= 15 is 0 Å². The Morgan fingerprint density at radius 1 is 0.971 bits per heavy atom. The zero-order valence-electron chi connectivity index (χ0n) is 21.4. The third kappa shape index (κ3) is 3.87. The fourth-order valence-corrected chi connectivity index (χ4v) is 9.09. The Morgan fingerprint density at radius 3 is 2.35 bits per heavy atom. The molecule has 1 aliphatic heterocycles. The molecule has 5 heteroatoms. The van der Waals surface area contributed by atoms with Gasteiger partial charge in [0.05, 0.1) is 20.8 Å². The number of benzene rings is 1. The minimum Gasteiger partial charge on any atom is -0.493 e. The maximum absolute atomic E-state index is 6.29. The van der Waals surface area contributed by atoms with Gasteiger partial charge < -0.3 is 19.1 Å². The molecule has 0 aromatic heterocycles. The van der Waals surface area contributed by atoms with Crippen LogP contribution >= 0.6 is 0 Å². The molecule has 7 rings (SSSR count). The fourth-order valence-electron chi connectivity index (χ4n) is 9.09. The number of fused-ring (bicyclic) bond motifs is 1. The molecule has 0 N–H and O–H groups in total. The van der Waals surface area contributed by atoms with Gasteiger partial charge in [0.2, 0.25) is 0 Å². The predicted molar refractivity (Wildman–Crippen MR) is 135 cm³/mol. The maximum Gasteiger partial charge on any atom is 0.161 e. The SMILES string of the molecule is COc1ccc([C@@]23CCC(=NCOCC45CC6CC(CC(C6)C4)C5)C[C@@H]2N(C)CC3)cc1OC. The first kappa shape index (κ1) is 22.8. The van der Waals surface area contributed by atoms with Gasteiger partial charge in [-0.15, -0.1) is 0 Å². The van der Waals surface area contributed by atoms with E-state index in [1.54, 1.807) is 14.2 Å². The molecule has 186 valence electrons. The lowest BCUT2D eigenvalue weighted by atomic mass is 9.50. The highest BCUT2D eigenvalue weighted by molar-refractivity contribution is 5.86. The van der Waals surface area contributed by atoms with Crippen LogP contribution in [-0.2, 0) is 10.2 Å². The molecule has 6 fully saturated rings. The van der Waals surface area contributed by atoms with Crippen molar-refractivity contribution < 1.29 is 14.2 Å². The van der Waals surface area contributed by atoms with Crippen LogP contribution in [0.5, 0.6) is 11.5 Å². The van der Waals surface area contributed by atoms with Crippen molar-refractivity contribution >= 4 is 5.71 Å². The Kier molecular flexibility index (Phi) is 5.92. The molecule has 34 heavy (non-hydrogen) atoms. The molecule has 1 saturated heterocycles. The average molecular weight is 467 g/mol. The highest BCUT2D eigenvalue weighted by Gasteiger charge is 2.51. The highest BCUT2D eigenvalue weighted by atomic mass is 16.5. The van der Waals surface area contributed by atoms with E-state index < -0.39 is 0 Å². The maximum atomic E-state index is 6.29. The van der Waals surface area contributed by atoms with Gasteiger partial charge in [0.1, 0.15) is 6.73 Å². The molecule has 0 spiro atoms. The summed E-state index contributed by atoms with van der Waals surface area (Å²) in [5.41, 5.74) is 3.39. The van der Waals surface area contributed by atoms with Crippen molar-refractivity contribution in [3.63, 3.8) is 0 Å². The molecule has 4 bridgehead atoms. The standard InChI is InChI=1S/C29H42N2O3/c1-31-9-8-29(23-4-5-25(32-2)26(13-23)33-3)7-6-24(14-27(29)31)30-19-34-18-28-15-20-10-21(16-28)12-22(11-20)17-28/h4-5,13,20-22,27H,6-12,14-19H2,1-3H3/t20?,21?,22?,27-,28?,29-/m0/s1. The van der Waals surface area contributed by atoms with Crippen molar-refractivity contribution in [2.45, 2.75) is 75.7 Å². The smallest absolute Gasteiger partial charge is 0.161 e. The molecule has 0 radical (unpaired) electrons. The first-order valence-corrected chi connectivity index (χ1v) is 13.6. The summed E-state index contributed by atoms with van der Waals surface area (Å²) in [6.07, 6.45) is 13.2. The van der Waals surface area contributed by atoms with E-state index in [4.69, 9.17) is 19.2 Å². The number of ether oxygens (including phenoxy) is 3. The number of likely N-dealkylation sites (N-methyl/N-ethyl adjacent to an activating group) is 1. The third-order valence-electron chi connectivity index (χ3n) is 10.3. The number of rotatable bonds is 7. The van der Waals surface area contributed by atoms with E-state index in [9.17, 15) is 0 Å². The molecule has 5 saturated carbocycles. The summed E-state index contributed by atoms with van der Waals surface area (Å²) < 4.78 is 17.4. The Labute approximate surface area is 205 Å². The van der Waals surface area contributed by atoms with Crippen LogP contribution in [0.15, 0.2) is 23.2 Å². The van der Waals surface area contributed by atoms with E-state index in [-0.39, 0.29) is 5.41 Å². The summed E-state index contributed by atoms with van der Waals surface area (Å²) in [4.78, 5) is 7.55. The normalized spacial score (nSPS) is 40.0. The Morgan fingerprint density at radius 2 is 1.68 bits per heavy atom. The summed E-state index contributed by atoms with van der Waals surface area (Å²) in [7, 11) is 5.71. The number of likely N-dealkylation sites (tertiary alicyclic amines) is 1. The molecular weight excluding hydrogens is 424 g/mol. The van der Waals surface area contributed by atoms with Gasteiger partial charge in [0.25, 0.3) is 0 Å². The molecule has 5 aliphatic carbocycles. The molecule has 5 nitrogen and oxygen atoms in total. The van der Waals surface area contributed by atoms with Gasteiger partial charge in [-0.2, -0.15) is 0 Å². The zero-order valence-corrected chi connectivity index (χ0v) is 21.4. The Balaban J connectivity index is 1.11. The average Bonchev–Trinajstić information content (AvgIpc) is 3.17. The van der Waals surface area contributed by atoms with E-state index in [0.29, 0.717) is 18.2 Å². The van der Waals surface area contributed by atoms with E-state index in [1.807, 2.05) is 0 Å². The van der Waals surface area contributed by atoms with Crippen LogP contribution in [0.25, 0.3) is 0 Å². The second-order valence-electron chi connectivity index (χ2n) is 12.3. The zero-order chi connectivity index (χ0) is 23.3. The summed E-state index contributed by atoms with van der Waals surface area (Å²) >= 11 is 0. The molecule has 1 heterocycles. The largest absolute Gasteiger partial charge is 0.493 e. The highest BCUT2D eigenvalue weighted by Crippen LogP contribution is 2.60. The minimum absolute atomic E-state index is 0.174. The van der Waals surface area contributed by atoms with Gasteiger partial charge in [-0.25, -0.2) is 0 Å². The van der Waals surface area contributed by atoms with E-state index in [0.717, 1.165) is 61.7 Å². The topological polar surface area (TPSA) is 43.3 Å². The molecule has 1 aromatic carbocycles. The lowest BCUT2D eigenvalue weighted by molar-refractivity contribution is -0.0953. The van der Waals surface area contributed by atoms with Crippen molar-refractivity contribution in [1.82, 2.24) is 4.90 Å². The number of hydrogen-bond acceptors (Lipinski definition) is 5. The van der Waals surface area contributed by atoms with Gasteiger partial charge in [0.15, 0.2) is 11.5 Å². The van der Waals surface area contributed by atoms with Crippen molar-refractivity contribution in [3.05, 3.63) is 23.8 Å². The molecule has 6 aliphatic rings. The van der Waals surface area contributed by atoms with Crippen LogP contribution in [0.1, 0.15) is 69.8 Å². The van der Waals surface area contributed by atoms with Crippen molar-refractivity contribution in [2.24, 2.45) is 28.2 Å². The molecular formula is C29H42N2O3. The number of methoxy groups -OCH3 is 2. The second-order valence-corrected chi connectivity index (χ2v) is 12.3. The van der Waals surface area contributed by atoms with Crippen molar-refractivity contribution in [2.75, 3.05) is 41.1 Å². The first-order chi connectivity index (χ1) is 16.5. The number of hydrogen-bond donors (Lipinski definition) is 0. The molecule has 2 atom stereocenters. The third-order valence-corrected chi connectivity index (χ3v) is 10.3. The lowest BCUT2D eigenvalue weighted by Crippen LogP contribution is -2.48. The van der Waals surface area contributed by atoms with Crippen LogP contribution in [-0.4, -0.2) is 57.8 Å². The molecule has 0 amide bonds. The van der Waals surface area contributed by atoms with Gasteiger partial charge >= 0.3 is 0 Å². The van der Waals surface area contributed by atoms with Crippen LogP contribution in [0.4, 0.5) is 0 Å². The molecule has 1 aromatic rings. The van der Waals surface area contributed by atoms with E-state index in [1.165, 1.54) is 56.2 Å².